The predicted molar refractivity (Wildman–Crippen MR) is 53.7 cm³/mol. The van der Waals surface area contributed by atoms with E-state index < -0.39 is 7.94 Å². The van der Waals surface area contributed by atoms with Gasteiger partial charge in [0.25, 0.3) is 0 Å². The molecular formula is C7H18N2O3P+. The van der Waals surface area contributed by atoms with E-state index in [9.17, 15) is 0 Å². The molecule has 0 saturated carbocycles. The van der Waals surface area contributed by atoms with Crippen LogP contribution in [-0.4, -0.2) is 51.4 Å². The van der Waals surface area contributed by atoms with E-state index in [0.717, 1.165) is 19.9 Å². The fraction of sp³-hybridized carbons (Fsp3) is 0.714. The van der Waals surface area contributed by atoms with Crippen molar-refractivity contribution in [3.63, 3.8) is 0 Å². The van der Waals surface area contributed by atoms with Crippen LogP contribution in [0.4, 0.5) is 0 Å². The molecule has 1 aliphatic rings. The van der Waals surface area contributed by atoms with Crippen LogP contribution in [0.2, 0.25) is 0 Å². The van der Waals surface area contributed by atoms with E-state index in [-0.39, 0.29) is 0 Å². The molecule has 0 spiro atoms. The molecule has 0 radical (unpaired) electrons. The summed E-state index contributed by atoms with van der Waals surface area (Å²) in [6.07, 6.45) is 4.20. The molecule has 0 amide bonds. The van der Waals surface area contributed by atoms with Gasteiger partial charge in [-0.2, -0.15) is 14.7 Å². The Balaban J connectivity index is 0.000000252. The third kappa shape index (κ3) is 9.56. The Morgan fingerprint density at radius 2 is 1.77 bits per heavy atom. The first-order valence-electron chi connectivity index (χ1n) is 4.00. The first kappa shape index (κ1) is 12.7. The molecule has 0 fully saturated rings. The van der Waals surface area contributed by atoms with E-state index in [1.807, 2.05) is 0 Å². The van der Waals surface area contributed by atoms with Gasteiger partial charge < -0.3 is 9.80 Å². The molecule has 13 heavy (non-hydrogen) atoms. The van der Waals surface area contributed by atoms with Crippen LogP contribution in [0, 0.1) is 0 Å². The second kappa shape index (κ2) is 5.40. The summed E-state index contributed by atoms with van der Waals surface area (Å²) < 4.78 is 0. The lowest BCUT2D eigenvalue weighted by molar-refractivity contribution is 0.308. The number of nitrogens with zero attached hydrogens (tertiary/aromatic N) is 2. The molecule has 1 rings (SSSR count). The lowest BCUT2D eigenvalue weighted by atomic mass is 10.6. The smallest absolute Gasteiger partial charge is 0.362 e. The molecule has 3 N–H and O–H groups in total. The highest BCUT2D eigenvalue weighted by atomic mass is 31.2. The van der Waals surface area contributed by atoms with Crippen LogP contribution in [-0.2, 0) is 0 Å². The molecule has 1 aliphatic heterocycles. The Labute approximate surface area is 79.5 Å². The maximum atomic E-state index is 7.74. The van der Waals surface area contributed by atoms with E-state index in [1.165, 1.54) is 0 Å². The minimum absolute atomic E-state index is 0.965. The summed E-state index contributed by atoms with van der Waals surface area (Å²) in [7, 11) is -1.31. The standard InChI is InChI=1S/C6H12N2.CH6O3P/c1-3-8-5-4-7(2)6-8;1-5(2,3)4/h4-5H,3,6H2,1-2H3;2-4H,1H3/q;+1. The fourth-order valence-corrected chi connectivity index (χ4v) is 0.794. The van der Waals surface area contributed by atoms with Crippen molar-refractivity contribution in [1.82, 2.24) is 9.80 Å². The Kier molecular flexibility index (Phi) is 5.25. The first-order chi connectivity index (χ1) is 5.83. The van der Waals surface area contributed by atoms with Crippen LogP contribution < -0.4 is 0 Å². The highest BCUT2D eigenvalue weighted by Gasteiger charge is 2.17. The van der Waals surface area contributed by atoms with Crippen LogP contribution in [0.25, 0.3) is 0 Å². The second-order valence-corrected chi connectivity index (χ2v) is 4.71. The van der Waals surface area contributed by atoms with Gasteiger partial charge >= 0.3 is 7.94 Å². The molecular weight excluding hydrogens is 191 g/mol. The van der Waals surface area contributed by atoms with Gasteiger partial charge in [-0.3, -0.25) is 0 Å². The molecule has 78 valence electrons. The Hall–Kier alpha value is -0.350. The van der Waals surface area contributed by atoms with Gasteiger partial charge in [-0.25, -0.2) is 0 Å². The summed E-state index contributed by atoms with van der Waals surface area (Å²) in [5.41, 5.74) is 0. The molecule has 0 saturated heterocycles. The highest BCUT2D eigenvalue weighted by molar-refractivity contribution is 7.57. The van der Waals surface area contributed by atoms with Crippen molar-refractivity contribution in [2.45, 2.75) is 6.92 Å². The van der Waals surface area contributed by atoms with Gasteiger partial charge in [0, 0.05) is 26.0 Å². The zero-order valence-electron chi connectivity index (χ0n) is 8.25. The van der Waals surface area contributed by atoms with Crippen molar-refractivity contribution in [3.8, 4) is 0 Å². The fourth-order valence-electron chi connectivity index (χ4n) is 0.794. The molecule has 0 unspecified atom stereocenters. The van der Waals surface area contributed by atoms with Crippen LogP contribution in [0.3, 0.4) is 0 Å². The van der Waals surface area contributed by atoms with Crippen molar-refractivity contribution in [2.75, 3.05) is 26.9 Å². The number of rotatable bonds is 1. The molecule has 0 bridgehead atoms. The SMILES string of the molecule is CCN1C=CN(C)C1.C[P+](O)(O)O. The summed E-state index contributed by atoms with van der Waals surface area (Å²) in [6, 6.07) is 0. The highest BCUT2D eigenvalue weighted by Crippen LogP contribution is 2.38. The third-order valence-electron chi connectivity index (χ3n) is 1.34. The molecule has 0 aromatic heterocycles. The van der Waals surface area contributed by atoms with Crippen LogP contribution in [0.5, 0.6) is 0 Å². The third-order valence-corrected chi connectivity index (χ3v) is 1.34. The Morgan fingerprint density at radius 1 is 1.31 bits per heavy atom. The van der Waals surface area contributed by atoms with Gasteiger partial charge in [-0.05, 0) is 6.92 Å². The van der Waals surface area contributed by atoms with Crippen molar-refractivity contribution in [2.24, 2.45) is 0 Å². The largest absolute Gasteiger partial charge is 0.400 e. The molecule has 1 heterocycles. The summed E-state index contributed by atoms with van der Waals surface area (Å²) >= 11 is 0. The molecule has 0 atom stereocenters. The lowest BCUT2D eigenvalue weighted by Gasteiger charge is -2.14. The van der Waals surface area contributed by atoms with E-state index in [1.54, 1.807) is 0 Å². The van der Waals surface area contributed by atoms with Gasteiger partial charge in [0.2, 0.25) is 0 Å². The number of hydrogen-bond donors (Lipinski definition) is 3. The maximum Gasteiger partial charge on any atom is 0.400 e. The van der Waals surface area contributed by atoms with Gasteiger partial charge in [0.1, 0.15) is 6.66 Å². The Bertz CT molecular complexity index is 164. The van der Waals surface area contributed by atoms with Crippen LogP contribution in [0.1, 0.15) is 6.92 Å². The van der Waals surface area contributed by atoms with Crippen molar-refractivity contribution in [1.29, 1.82) is 0 Å². The molecule has 5 nitrogen and oxygen atoms in total. The summed E-state index contributed by atoms with van der Waals surface area (Å²) in [4.78, 5) is 27.6. The van der Waals surface area contributed by atoms with Crippen LogP contribution >= 0.6 is 7.94 Å². The van der Waals surface area contributed by atoms with E-state index in [0.29, 0.717) is 0 Å². The van der Waals surface area contributed by atoms with Gasteiger partial charge in [-0.15, -0.1) is 0 Å². The van der Waals surface area contributed by atoms with Crippen LogP contribution in [0.15, 0.2) is 12.4 Å². The summed E-state index contributed by atoms with van der Waals surface area (Å²) in [6.45, 7) is 5.29. The van der Waals surface area contributed by atoms with Gasteiger partial charge in [0.05, 0.1) is 6.67 Å². The van der Waals surface area contributed by atoms with E-state index in [2.05, 4.69) is 36.2 Å². The van der Waals surface area contributed by atoms with E-state index >= 15 is 0 Å². The average molecular weight is 209 g/mol. The minimum atomic E-state index is -3.39. The molecule has 0 aliphatic carbocycles. The zero-order chi connectivity index (χ0) is 10.5. The quantitative estimate of drug-likeness (QED) is 0.532. The Morgan fingerprint density at radius 3 is 1.92 bits per heavy atom. The summed E-state index contributed by atoms with van der Waals surface area (Å²) in [5, 5.41) is 0. The van der Waals surface area contributed by atoms with Crippen molar-refractivity contribution < 1.29 is 14.7 Å². The molecule has 0 aromatic carbocycles. The normalized spacial score (nSPS) is 15.8. The van der Waals surface area contributed by atoms with Gasteiger partial charge in [0.15, 0.2) is 0 Å². The second-order valence-electron chi connectivity index (χ2n) is 2.97. The minimum Gasteiger partial charge on any atom is -0.362 e. The monoisotopic (exact) mass is 209 g/mol. The topological polar surface area (TPSA) is 67.2 Å². The average Bonchev–Trinajstić information content (AvgIpc) is 2.31. The maximum absolute atomic E-state index is 7.74. The van der Waals surface area contributed by atoms with E-state index in [4.69, 9.17) is 14.7 Å². The predicted octanol–water partition coefficient (Wildman–Crippen LogP) is 0.0381. The number of hydrogen-bond acceptors (Lipinski definition) is 5. The first-order valence-corrected chi connectivity index (χ1v) is 6.09. The van der Waals surface area contributed by atoms with Crippen molar-refractivity contribution >= 4 is 7.94 Å². The molecule has 0 aromatic rings. The van der Waals surface area contributed by atoms with Gasteiger partial charge in [-0.1, -0.05) is 0 Å². The van der Waals surface area contributed by atoms with Crippen molar-refractivity contribution in [3.05, 3.63) is 12.4 Å². The lowest BCUT2D eigenvalue weighted by Crippen LogP contribution is -2.21. The molecule has 6 heteroatoms. The summed E-state index contributed by atoms with van der Waals surface area (Å²) in [5.74, 6) is 0. The zero-order valence-corrected chi connectivity index (χ0v) is 9.15.